The molecular formula is C13H23ClN4O. The summed E-state index contributed by atoms with van der Waals surface area (Å²) in [7, 11) is 1.80. The van der Waals surface area contributed by atoms with Crippen molar-refractivity contribution in [3.05, 3.63) is 17.5 Å². The third-order valence-electron chi connectivity index (χ3n) is 3.40. The third kappa shape index (κ3) is 3.94. The normalized spacial score (nSPS) is 14.9. The molecule has 1 aromatic heterocycles. The van der Waals surface area contributed by atoms with E-state index < -0.39 is 0 Å². The quantitative estimate of drug-likeness (QED) is 0.866. The van der Waals surface area contributed by atoms with Crippen LogP contribution in [0.25, 0.3) is 0 Å². The van der Waals surface area contributed by atoms with Crippen LogP contribution in [0.2, 0.25) is 0 Å². The molecule has 1 aromatic rings. The van der Waals surface area contributed by atoms with Crippen LogP contribution < -0.4 is 5.73 Å². The molecule has 6 heteroatoms. The minimum absolute atomic E-state index is 0. The maximum Gasteiger partial charge on any atom is 0.274 e. The molecule has 2 rings (SSSR count). The van der Waals surface area contributed by atoms with Crippen molar-refractivity contribution in [2.24, 2.45) is 11.1 Å². The molecule has 0 radical (unpaired) electrons. The Bertz CT molecular complexity index is 440. The lowest BCUT2D eigenvalue weighted by Gasteiger charge is -2.28. The number of nitrogens with zero attached hydrogens (tertiary/aromatic N) is 2. The summed E-state index contributed by atoms with van der Waals surface area (Å²) < 4.78 is 0. The van der Waals surface area contributed by atoms with Gasteiger partial charge in [-0.3, -0.25) is 9.89 Å². The van der Waals surface area contributed by atoms with Gasteiger partial charge in [0.25, 0.3) is 5.91 Å². The van der Waals surface area contributed by atoms with E-state index in [1.165, 1.54) is 12.8 Å². The zero-order chi connectivity index (χ0) is 13.3. The van der Waals surface area contributed by atoms with E-state index in [9.17, 15) is 4.79 Å². The molecule has 108 valence electrons. The van der Waals surface area contributed by atoms with Crippen LogP contribution in [0.15, 0.2) is 6.07 Å². The molecule has 0 spiro atoms. The summed E-state index contributed by atoms with van der Waals surface area (Å²) >= 11 is 0. The van der Waals surface area contributed by atoms with Crippen LogP contribution >= 0.6 is 12.4 Å². The van der Waals surface area contributed by atoms with Gasteiger partial charge in [-0.25, -0.2) is 0 Å². The fourth-order valence-electron chi connectivity index (χ4n) is 2.02. The van der Waals surface area contributed by atoms with E-state index in [0.717, 1.165) is 5.69 Å². The summed E-state index contributed by atoms with van der Waals surface area (Å²) in [6, 6.07) is 1.88. The lowest BCUT2D eigenvalue weighted by molar-refractivity contribution is 0.0734. The summed E-state index contributed by atoms with van der Waals surface area (Å²) in [5.74, 6) is 0.546. The van der Waals surface area contributed by atoms with E-state index in [0.29, 0.717) is 24.7 Å². The highest BCUT2D eigenvalue weighted by molar-refractivity contribution is 5.92. The van der Waals surface area contributed by atoms with Gasteiger partial charge >= 0.3 is 0 Å². The van der Waals surface area contributed by atoms with Crippen molar-refractivity contribution < 1.29 is 4.79 Å². The Balaban J connectivity index is 0.00000180. The third-order valence-corrected chi connectivity index (χ3v) is 3.40. The van der Waals surface area contributed by atoms with Crippen LogP contribution in [0.1, 0.15) is 48.8 Å². The first-order valence-electron chi connectivity index (χ1n) is 6.44. The van der Waals surface area contributed by atoms with Gasteiger partial charge in [-0.15, -0.1) is 12.4 Å². The molecule has 0 aliphatic heterocycles. The number of carbonyl (C=O) groups excluding carboxylic acids is 1. The molecule has 0 atom stereocenters. The first-order chi connectivity index (χ1) is 8.43. The van der Waals surface area contributed by atoms with Crippen molar-refractivity contribution in [3.63, 3.8) is 0 Å². The van der Waals surface area contributed by atoms with Crippen LogP contribution in [0.3, 0.4) is 0 Å². The molecule has 1 saturated carbocycles. The summed E-state index contributed by atoms with van der Waals surface area (Å²) in [5, 5.41) is 7.06. The smallest absolute Gasteiger partial charge is 0.274 e. The number of aromatic nitrogens is 2. The highest BCUT2D eigenvalue weighted by Gasteiger charge is 2.28. The van der Waals surface area contributed by atoms with E-state index in [1.54, 1.807) is 11.9 Å². The lowest BCUT2D eigenvalue weighted by atomic mass is 9.93. The molecule has 0 bridgehead atoms. The number of rotatable bonds is 5. The first-order valence-corrected chi connectivity index (χ1v) is 6.44. The second-order valence-corrected chi connectivity index (χ2v) is 6.01. The maximum absolute atomic E-state index is 12.2. The number of aromatic amines is 1. The van der Waals surface area contributed by atoms with Gasteiger partial charge < -0.3 is 10.6 Å². The van der Waals surface area contributed by atoms with Gasteiger partial charge in [-0.2, -0.15) is 5.10 Å². The van der Waals surface area contributed by atoms with Gasteiger partial charge in [0.2, 0.25) is 0 Å². The SMILES string of the molecule is CN(CC(C)(C)CN)C(=O)c1cc(C2CC2)[nH]n1.Cl. The lowest BCUT2D eigenvalue weighted by Crippen LogP contribution is -2.39. The van der Waals surface area contributed by atoms with Crippen molar-refractivity contribution in [3.8, 4) is 0 Å². The van der Waals surface area contributed by atoms with Gasteiger partial charge in [0.15, 0.2) is 0 Å². The molecule has 19 heavy (non-hydrogen) atoms. The monoisotopic (exact) mass is 286 g/mol. The number of hydrogen-bond donors (Lipinski definition) is 2. The van der Waals surface area contributed by atoms with Gasteiger partial charge in [0, 0.05) is 25.2 Å². The van der Waals surface area contributed by atoms with Crippen LogP contribution in [-0.2, 0) is 0 Å². The van der Waals surface area contributed by atoms with E-state index in [4.69, 9.17) is 5.73 Å². The fraction of sp³-hybridized carbons (Fsp3) is 0.692. The van der Waals surface area contributed by atoms with Gasteiger partial charge in [-0.1, -0.05) is 13.8 Å². The Kier molecular flexibility index (Phi) is 4.98. The zero-order valence-electron chi connectivity index (χ0n) is 11.8. The summed E-state index contributed by atoms with van der Waals surface area (Å²) in [4.78, 5) is 13.9. The predicted octanol–water partition coefficient (Wildman–Crippen LogP) is 1.77. The standard InChI is InChI=1S/C13H22N4O.ClH/c1-13(2,7-14)8-17(3)12(18)11-6-10(15-16-11)9-4-5-9;/h6,9H,4-5,7-8,14H2,1-3H3,(H,15,16);1H. The van der Waals surface area contributed by atoms with E-state index in [2.05, 4.69) is 24.0 Å². The molecule has 1 fully saturated rings. The van der Waals surface area contributed by atoms with Crippen molar-refractivity contribution in [2.75, 3.05) is 20.1 Å². The second-order valence-electron chi connectivity index (χ2n) is 6.01. The molecule has 0 saturated heterocycles. The number of H-pyrrole nitrogens is 1. The minimum Gasteiger partial charge on any atom is -0.340 e. The topological polar surface area (TPSA) is 75.0 Å². The highest BCUT2D eigenvalue weighted by atomic mass is 35.5. The summed E-state index contributed by atoms with van der Waals surface area (Å²) in [6.45, 7) is 5.29. The fourth-order valence-corrected chi connectivity index (χ4v) is 2.02. The average molecular weight is 287 g/mol. The number of nitrogens with two attached hydrogens (primary N) is 1. The van der Waals surface area contributed by atoms with Crippen molar-refractivity contribution in [1.29, 1.82) is 0 Å². The Morgan fingerprint density at radius 1 is 1.58 bits per heavy atom. The first kappa shape index (κ1) is 16.0. The van der Waals surface area contributed by atoms with Crippen LogP contribution in [0.4, 0.5) is 0 Å². The number of carbonyl (C=O) groups is 1. The molecule has 3 N–H and O–H groups in total. The highest BCUT2D eigenvalue weighted by Crippen LogP contribution is 2.39. The zero-order valence-corrected chi connectivity index (χ0v) is 12.6. The van der Waals surface area contributed by atoms with Gasteiger partial charge in [0.1, 0.15) is 5.69 Å². The van der Waals surface area contributed by atoms with E-state index in [-0.39, 0.29) is 23.7 Å². The minimum atomic E-state index is -0.0694. The molecule has 1 aliphatic carbocycles. The second kappa shape index (κ2) is 5.92. The molecule has 1 heterocycles. The Labute approximate surface area is 120 Å². The number of halogens is 1. The Morgan fingerprint density at radius 3 is 2.74 bits per heavy atom. The largest absolute Gasteiger partial charge is 0.340 e. The molecule has 1 amide bonds. The molecule has 5 nitrogen and oxygen atoms in total. The van der Waals surface area contributed by atoms with Crippen LogP contribution in [0.5, 0.6) is 0 Å². The number of hydrogen-bond acceptors (Lipinski definition) is 3. The maximum atomic E-state index is 12.2. The van der Waals surface area contributed by atoms with E-state index >= 15 is 0 Å². The molecule has 0 aromatic carbocycles. The van der Waals surface area contributed by atoms with Crippen molar-refractivity contribution in [2.45, 2.75) is 32.6 Å². The van der Waals surface area contributed by atoms with Gasteiger partial charge in [0.05, 0.1) is 0 Å². The molecule has 1 aliphatic rings. The predicted molar refractivity (Wildman–Crippen MR) is 77.6 cm³/mol. The molecule has 0 unspecified atom stereocenters. The van der Waals surface area contributed by atoms with Crippen molar-refractivity contribution >= 4 is 18.3 Å². The summed E-state index contributed by atoms with van der Waals surface area (Å²) in [5.41, 5.74) is 7.21. The molecular weight excluding hydrogens is 264 g/mol. The van der Waals surface area contributed by atoms with Crippen LogP contribution in [-0.4, -0.2) is 41.1 Å². The van der Waals surface area contributed by atoms with Crippen molar-refractivity contribution in [1.82, 2.24) is 15.1 Å². The average Bonchev–Trinajstić information content (AvgIpc) is 3.06. The summed E-state index contributed by atoms with van der Waals surface area (Å²) in [6.07, 6.45) is 2.40. The number of amides is 1. The Morgan fingerprint density at radius 2 is 2.21 bits per heavy atom. The van der Waals surface area contributed by atoms with E-state index in [1.807, 2.05) is 6.07 Å². The van der Waals surface area contributed by atoms with Crippen LogP contribution in [0, 0.1) is 5.41 Å². The Hall–Kier alpha value is -1.07. The van der Waals surface area contributed by atoms with Gasteiger partial charge in [-0.05, 0) is 30.9 Å². The number of nitrogens with one attached hydrogen (secondary N) is 1.